The Balaban J connectivity index is 2.21. The summed E-state index contributed by atoms with van der Waals surface area (Å²) >= 11 is 0. The number of ether oxygens (including phenoxy) is 2. The highest BCUT2D eigenvalue weighted by Gasteiger charge is 2.22. The average Bonchev–Trinajstić information content (AvgIpc) is 2.79. The van der Waals surface area contributed by atoms with Gasteiger partial charge in [-0.15, -0.1) is 0 Å². The fourth-order valence-electron chi connectivity index (χ4n) is 3.16. The minimum Gasteiger partial charge on any atom is -0.497 e. The van der Waals surface area contributed by atoms with Gasteiger partial charge in [-0.25, -0.2) is 8.42 Å². The van der Waals surface area contributed by atoms with Crippen LogP contribution in [-0.4, -0.2) is 59.0 Å². The van der Waals surface area contributed by atoms with Crippen LogP contribution < -0.4 is 25.4 Å². The molecule has 2 aromatic carbocycles. The Morgan fingerprint density at radius 2 is 1.59 bits per heavy atom. The van der Waals surface area contributed by atoms with E-state index in [1.807, 2.05) is 6.92 Å². The van der Waals surface area contributed by atoms with Crippen LogP contribution in [0.1, 0.15) is 20.8 Å². The van der Waals surface area contributed by atoms with Gasteiger partial charge in [0, 0.05) is 25.7 Å². The lowest BCUT2D eigenvalue weighted by Gasteiger charge is -2.20. The number of nitrogens with one attached hydrogen (secondary N) is 3. The van der Waals surface area contributed by atoms with Crippen molar-refractivity contribution in [2.24, 2.45) is 0 Å². The van der Waals surface area contributed by atoms with Crippen molar-refractivity contribution in [3.05, 3.63) is 36.4 Å². The summed E-state index contributed by atoms with van der Waals surface area (Å²) in [5.74, 6) is 0.769. The fraction of sp³-hybridized carbons (Fsp3) is 0.409. The maximum absolute atomic E-state index is 12.9. The molecule has 1 amide bonds. The predicted molar refractivity (Wildman–Crippen MR) is 127 cm³/mol. The second-order valence-corrected chi connectivity index (χ2v) is 8.73. The van der Waals surface area contributed by atoms with Gasteiger partial charge < -0.3 is 25.4 Å². The summed E-state index contributed by atoms with van der Waals surface area (Å²) in [5, 5.41) is 9.01. The number of nitrogens with zero attached hydrogens (tertiary/aromatic N) is 1. The third-order valence-electron chi connectivity index (χ3n) is 4.82. The molecule has 0 saturated carbocycles. The van der Waals surface area contributed by atoms with Gasteiger partial charge in [-0.1, -0.05) is 13.8 Å². The fourth-order valence-corrected chi connectivity index (χ4v) is 4.64. The van der Waals surface area contributed by atoms with E-state index in [-0.39, 0.29) is 17.3 Å². The van der Waals surface area contributed by atoms with Crippen LogP contribution in [0.25, 0.3) is 0 Å². The SMILES string of the molecule is CCNc1ccc(S(=O)(=O)N(CC)CC)cc1NCC(=O)Nc1ccc(OC)cc1OC. The summed E-state index contributed by atoms with van der Waals surface area (Å²) in [4.78, 5) is 12.7. The van der Waals surface area contributed by atoms with Gasteiger partial charge >= 0.3 is 0 Å². The van der Waals surface area contributed by atoms with Crippen molar-refractivity contribution in [1.82, 2.24) is 4.31 Å². The number of rotatable bonds is 12. The molecular weight excluding hydrogens is 432 g/mol. The van der Waals surface area contributed by atoms with Crippen molar-refractivity contribution >= 4 is 33.0 Å². The first-order valence-corrected chi connectivity index (χ1v) is 11.9. The van der Waals surface area contributed by atoms with Crippen LogP contribution in [0.2, 0.25) is 0 Å². The van der Waals surface area contributed by atoms with E-state index < -0.39 is 10.0 Å². The van der Waals surface area contributed by atoms with E-state index in [4.69, 9.17) is 9.47 Å². The molecule has 0 saturated heterocycles. The highest BCUT2D eigenvalue weighted by molar-refractivity contribution is 7.89. The Kier molecular flexibility index (Phi) is 9.15. The number of hydrogen-bond acceptors (Lipinski definition) is 7. The first-order valence-electron chi connectivity index (χ1n) is 10.4. The van der Waals surface area contributed by atoms with Crippen molar-refractivity contribution in [2.75, 3.05) is 56.3 Å². The van der Waals surface area contributed by atoms with Crippen LogP contribution in [0.5, 0.6) is 11.5 Å². The van der Waals surface area contributed by atoms with Crippen LogP contribution in [0, 0.1) is 0 Å². The first kappa shape index (κ1) is 25.3. The zero-order chi connectivity index (χ0) is 23.7. The number of amides is 1. The van der Waals surface area contributed by atoms with Crippen LogP contribution >= 0.6 is 0 Å². The number of methoxy groups -OCH3 is 2. The molecule has 2 rings (SSSR count). The predicted octanol–water partition coefficient (Wildman–Crippen LogP) is 3.22. The van der Waals surface area contributed by atoms with Gasteiger partial charge in [-0.05, 0) is 37.3 Å². The number of hydrogen-bond donors (Lipinski definition) is 3. The van der Waals surface area contributed by atoms with E-state index in [2.05, 4.69) is 16.0 Å². The van der Waals surface area contributed by atoms with Crippen LogP contribution in [-0.2, 0) is 14.8 Å². The van der Waals surface area contributed by atoms with E-state index in [9.17, 15) is 13.2 Å². The maximum Gasteiger partial charge on any atom is 0.243 e. The van der Waals surface area contributed by atoms with E-state index in [1.54, 1.807) is 57.4 Å². The third kappa shape index (κ3) is 6.04. The zero-order valence-corrected chi connectivity index (χ0v) is 20.0. The van der Waals surface area contributed by atoms with Gasteiger partial charge in [-0.3, -0.25) is 4.79 Å². The normalized spacial score (nSPS) is 11.2. The summed E-state index contributed by atoms with van der Waals surface area (Å²) in [5.41, 5.74) is 1.74. The molecule has 0 aliphatic carbocycles. The number of sulfonamides is 1. The van der Waals surface area contributed by atoms with E-state index in [0.717, 1.165) is 0 Å². The summed E-state index contributed by atoms with van der Waals surface area (Å²) in [6.45, 7) is 6.86. The molecule has 0 spiro atoms. The monoisotopic (exact) mass is 464 g/mol. The average molecular weight is 465 g/mol. The van der Waals surface area contributed by atoms with E-state index >= 15 is 0 Å². The molecule has 0 radical (unpaired) electrons. The summed E-state index contributed by atoms with van der Waals surface area (Å²) in [7, 11) is -0.565. The molecule has 3 N–H and O–H groups in total. The van der Waals surface area contributed by atoms with Gasteiger partial charge in [0.2, 0.25) is 15.9 Å². The molecule has 32 heavy (non-hydrogen) atoms. The number of carbonyl (C=O) groups is 1. The summed E-state index contributed by atoms with van der Waals surface area (Å²) in [6.07, 6.45) is 0. The quantitative estimate of drug-likeness (QED) is 0.442. The van der Waals surface area contributed by atoms with Crippen molar-refractivity contribution in [3.63, 3.8) is 0 Å². The molecule has 9 nitrogen and oxygen atoms in total. The Labute approximate surface area is 190 Å². The van der Waals surface area contributed by atoms with Crippen LogP contribution in [0.3, 0.4) is 0 Å². The first-order chi connectivity index (χ1) is 15.3. The third-order valence-corrected chi connectivity index (χ3v) is 6.87. The molecule has 0 aliphatic rings. The van der Waals surface area contributed by atoms with Crippen molar-refractivity contribution in [1.29, 1.82) is 0 Å². The molecule has 176 valence electrons. The molecule has 2 aromatic rings. The van der Waals surface area contributed by atoms with Crippen molar-refractivity contribution in [2.45, 2.75) is 25.7 Å². The largest absolute Gasteiger partial charge is 0.497 e. The Morgan fingerprint density at radius 1 is 0.906 bits per heavy atom. The second kappa shape index (κ2) is 11.6. The van der Waals surface area contributed by atoms with Crippen molar-refractivity contribution < 1.29 is 22.7 Å². The standard InChI is InChI=1S/C22H32N4O5S/c1-6-23-18-12-10-17(32(28,29)26(7-2)8-3)14-20(18)24-15-22(27)25-19-11-9-16(30-4)13-21(19)31-5/h9-14,23-24H,6-8,15H2,1-5H3,(H,25,27). The van der Waals surface area contributed by atoms with Gasteiger partial charge in [0.25, 0.3) is 0 Å². The van der Waals surface area contributed by atoms with E-state index in [1.165, 1.54) is 11.4 Å². The summed E-state index contributed by atoms with van der Waals surface area (Å²) < 4.78 is 37.6. The minimum absolute atomic E-state index is 0.0671. The number of anilines is 3. The Morgan fingerprint density at radius 3 is 2.19 bits per heavy atom. The molecule has 0 aromatic heterocycles. The molecule has 0 bridgehead atoms. The number of carbonyl (C=O) groups excluding carboxylic acids is 1. The Bertz CT molecular complexity index is 1020. The smallest absolute Gasteiger partial charge is 0.243 e. The van der Waals surface area contributed by atoms with Crippen molar-refractivity contribution in [3.8, 4) is 11.5 Å². The molecule has 0 unspecified atom stereocenters. The minimum atomic E-state index is -3.62. The highest BCUT2D eigenvalue weighted by atomic mass is 32.2. The van der Waals surface area contributed by atoms with Crippen LogP contribution in [0.4, 0.5) is 17.1 Å². The Hall–Kier alpha value is -2.98. The molecule has 0 heterocycles. The lowest BCUT2D eigenvalue weighted by atomic mass is 10.2. The zero-order valence-electron chi connectivity index (χ0n) is 19.2. The van der Waals surface area contributed by atoms with Gasteiger partial charge in [0.05, 0.1) is 42.7 Å². The maximum atomic E-state index is 12.9. The topological polar surface area (TPSA) is 109 Å². The molecule has 10 heteroatoms. The lowest BCUT2D eigenvalue weighted by Crippen LogP contribution is -2.30. The van der Waals surface area contributed by atoms with Crippen LogP contribution in [0.15, 0.2) is 41.3 Å². The molecule has 0 fully saturated rings. The lowest BCUT2D eigenvalue weighted by molar-refractivity contribution is -0.114. The summed E-state index contributed by atoms with van der Waals surface area (Å²) in [6, 6.07) is 9.90. The van der Waals surface area contributed by atoms with Gasteiger partial charge in [0.15, 0.2) is 0 Å². The van der Waals surface area contributed by atoms with Gasteiger partial charge in [-0.2, -0.15) is 4.31 Å². The molecular formula is C22H32N4O5S. The molecule has 0 atom stereocenters. The number of benzene rings is 2. The second-order valence-electron chi connectivity index (χ2n) is 6.79. The van der Waals surface area contributed by atoms with Gasteiger partial charge in [0.1, 0.15) is 11.5 Å². The highest BCUT2D eigenvalue weighted by Crippen LogP contribution is 2.30. The molecule has 0 aliphatic heterocycles. The van der Waals surface area contributed by atoms with E-state index in [0.29, 0.717) is 48.2 Å².